The number of benzene rings is 2. The Morgan fingerprint density at radius 3 is 2.19 bits per heavy atom. The fourth-order valence-electron chi connectivity index (χ4n) is 6.45. The first-order valence-corrected chi connectivity index (χ1v) is 12.0. The minimum Gasteiger partial charge on any atom is -0.355 e. The van der Waals surface area contributed by atoms with Crippen molar-refractivity contribution in [3.05, 3.63) is 70.5 Å². The minimum absolute atomic E-state index is 0.0465. The fraction of sp³-hybridized carbons (Fsp3) is 0.500. The highest BCUT2D eigenvalue weighted by atomic mass is 35.5. The number of nitrogens with one attached hydrogen (secondary N) is 1. The lowest BCUT2D eigenvalue weighted by Gasteiger charge is -2.52. The largest absolute Gasteiger partial charge is 0.355 e. The molecule has 1 amide bonds. The van der Waals surface area contributed by atoms with Gasteiger partial charge >= 0.3 is 0 Å². The molecule has 1 N–H and O–H groups in total. The van der Waals surface area contributed by atoms with Gasteiger partial charge in [-0.3, -0.25) is 9.69 Å². The normalized spacial score (nSPS) is 25.5. The van der Waals surface area contributed by atoms with Crippen molar-refractivity contribution in [1.29, 1.82) is 0 Å². The predicted octanol–water partition coefficient (Wildman–Crippen LogP) is 5.63. The maximum atomic E-state index is 13.5. The number of piperidine rings is 1. The molecule has 0 radical (unpaired) electrons. The van der Waals surface area contributed by atoms with Crippen molar-refractivity contribution in [1.82, 2.24) is 10.2 Å². The molecule has 2 aliphatic heterocycles. The van der Waals surface area contributed by atoms with Crippen LogP contribution in [-0.4, -0.2) is 30.4 Å². The first-order valence-electron chi connectivity index (χ1n) is 11.6. The lowest BCUT2D eigenvalue weighted by Crippen LogP contribution is -2.54. The van der Waals surface area contributed by atoms with Gasteiger partial charge in [-0.25, -0.2) is 4.39 Å². The molecule has 0 bridgehead atoms. The van der Waals surface area contributed by atoms with E-state index in [-0.39, 0.29) is 28.6 Å². The Kier molecular flexibility index (Phi) is 5.56. The standard InChI is InChI=1S/C26H30ClFN2O/c27-21-8-6-20(7-9-21)26(12-2-1-3-13-26)30-16-14-25(15-17-30)23(18-29-24(25)31)19-4-10-22(28)11-5-19/h4-11,23H,1-3,12-18H2,(H,29,31). The van der Waals surface area contributed by atoms with E-state index >= 15 is 0 Å². The zero-order valence-corrected chi connectivity index (χ0v) is 18.6. The van der Waals surface area contributed by atoms with Gasteiger partial charge in [0.15, 0.2) is 0 Å². The summed E-state index contributed by atoms with van der Waals surface area (Å²) in [6.45, 7) is 2.47. The Hall–Kier alpha value is -1.91. The van der Waals surface area contributed by atoms with E-state index in [4.69, 9.17) is 11.6 Å². The van der Waals surface area contributed by atoms with Crippen molar-refractivity contribution in [2.45, 2.75) is 56.4 Å². The van der Waals surface area contributed by atoms with Crippen LogP contribution in [0.2, 0.25) is 5.02 Å². The zero-order valence-electron chi connectivity index (χ0n) is 17.9. The van der Waals surface area contributed by atoms with Crippen LogP contribution < -0.4 is 5.32 Å². The van der Waals surface area contributed by atoms with E-state index in [1.165, 1.54) is 37.0 Å². The molecule has 164 valence electrons. The number of nitrogens with zero attached hydrogens (tertiary/aromatic N) is 1. The molecule has 5 heteroatoms. The average molecular weight is 441 g/mol. The zero-order chi connectivity index (χ0) is 21.5. The van der Waals surface area contributed by atoms with Crippen LogP contribution in [0.15, 0.2) is 48.5 Å². The third-order valence-corrected chi connectivity index (χ3v) is 8.43. The van der Waals surface area contributed by atoms with E-state index in [9.17, 15) is 9.18 Å². The van der Waals surface area contributed by atoms with Crippen LogP contribution in [-0.2, 0) is 10.3 Å². The summed E-state index contributed by atoms with van der Waals surface area (Å²) in [6, 6.07) is 15.1. The minimum atomic E-state index is -0.385. The maximum absolute atomic E-state index is 13.5. The Bertz CT molecular complexity index is 929. The van der Waals surface area contributed by atoms with Gasteiger partial charge in [-0.1, -0.05) is 55.1 Å². The quantitative estimate of drug-likeness (QED) is 0.670. The number of carbonyl (C=O) groups is 1. The number of amides is 1. The molecule has 2 saturated heterocycles. The third kappa shape index (κ3) is 3.58. The second kappa shape index (κ2) is 8.22. The Morgan fingerprint density at radius 1 is 0.903 bits per heavy atom. The van der Waals surface area contributed by atoms with Crippen LogP contribution in [0.25, 0.3) is 0 Å². The van der Waals surface area contributed by atoms with Crippen molar-refractivity contribution >= 4 is 17.5 Å². The summed E-state index contributed by atoms with van der Waals surface area (Å²) in [6.07, 6.45) is 7.78. The molecule has 2 heterocycles. The number of carbonyl (C=O) groups excluding carboxylic acids is 1. The Balaban J connectivity index is 1.41. The van der Waals surface area contributed by atoms with Gasteiger partial charge in [-0.2, -0.15) is 0 Å². The summed E-state index contributed by atoms with van der Waals surface area (Å²) in [5.74, 6) is 0.0540. The van der Waals surface area contributed by atoms with Crippen molar-refractivity contribution in [2.24, 2.45) is 5.41 Å². The van der Waals surface area contributed by atoms with Crippen LogP contribution in [0.5, 0.6) is 0 Å². The molecule has 1 aliphatic carbocycles. The number of likely N-dealkylation sites (tertiary alicyclic amines) is 1. The number of hydrogen-bond donors (Lipinski definition) is 1. The Morgan fingerprint density at radius 2 is 1.55 bits per heavy atom. The Labute approximate surface area is 189 Å². The lowest BCUT2D eigenvalue weighted by molar-refractivity contribution is -0.132. The van der Waals surface area contributed by atoms with Gasteiger partial charge in [0.25, 0.3) is 0 Å². The average Bonchev–Trinajstić information content (AvgIpc) is 3.11. The molecule has 0 aromatic heterocycles. The summed E-state index contributed by atoms with van der Waals surface area (Å²) < 4.78 is 13.5. The molecule has 3 aliphatic rings. The van der Waals surface area contributed by atoms with Crippen molar-refractivity contribution < 1.29 is 9.18 Å². The van der Waals surface area contributed by atoms with E-state index in [2.05, 4.69) is 22.3 Å². The van der Waals surface area contributed by atoms with Gasteiger partial charge in [0.1, 0.15) is 5.82 Å². The molecule has 3 fully saturated rings. The molecule has 2 aromatic rings. The first-order chi connectivity index (χ1) is 15.0. The van der Waals surface area contributed by atoms with Crippen LogP contribution in [0, 0.1) is 11.2 Å². The third-order valence-electron chi connectivity index (χ3n) is 8.18. The van der Waals surface area contributed by atoms with Gasteiger partial charge < -0.3 is 5.32 Å². The van der Waals surface area contributed by atoms with Crippen LogP contribution in [0.4, 0.5) is 4.39 Å². The molecule has 2 aromatic carbocycles. The van der Waals surface area contributed by atoms with Gasteiger partial charge in [-0.15, -0.1) is 0 Å². The summed E-state index contributed by atoms with van der Waals surface area (Å²) >= 11 is 6.18. The van der Waals surface area contributed by atoms with Gasteiger partial charge in [0.2, 0.25) is 5.91 Å². The summed E-state index contributed by atoms with van der Waals surface area (Å²) in [5, 5.41) is 3.89. The monoisotopic (exact) mass is 440 g/mol. The van der Waals surface area contributed by atoms with E-state index < -0.39 is 0 Å². The smallest absolute Gasteiger partial charge is 0.227 e. The highest BCUT2D eigenvalue weighted by Crippen LogP contribution is 2.51. The highest BCUT2D eigenvalue weighted by Gasteiger charge is 2.54. The number of halogens is 2. The predicted molar refractivity (Wildman–Crippen MR) is 122 cm³/mol. The molecule has 5 rings (SSSR count). The van der Waals surface area contributed by atoms with Gasteiger partial charge in [0, 0.05) is 36.1 Å². The summed E-state index contributed by atoms with van der Waals surface area (Å²) in [4.78, 5) is 15.7. The van der Waals surface area contributed by atoms with Crippen LogP contribution >= 0.6 is 11.6 Å². The van der Waals surface area contributed by atoms with E-state index in [1.807, 2.05) is 24.3 Å². The van der Waals surface area contributed by atoms with E-state index in [0.717, 1.165) is 49.4 Å². The molecule has 1 unspecified atom stereocenters. The molecule has 31 heavy (non-hydrogen) atoms. The summed E-state index contributed by atoms with van der Waals surface area (Å²) in [5.41, 5.74) is 2.09. The van der Waals surface area contributed by atoms with Crippen molar-refractivity contribution in [2.75, 3.05) is 19.6 Å². The van der Waals surface area contributed by atoms with Gasteiger partial charge in [-0.05, 0) is 61.1 Å². The molecular weight excluding hydrogens is 411 g/mol. The van der Waals surface area contributed by atoms with Crippen molar-refractivity contribution in [3.63, 3.8) is 0 Å². The number of rotatable bonds is 3. The molecule has 1 spiro atoms. The topological polar surface area (TPSA) is 32.3 Å². The second-order valence-corrected chi connectivity index (χ2v) is 9.99. The van der Waals surface area contributed by atoms with Crippen LogP contribution in [0.1, 0.15) is 62.0 Å². The SMILES string of the molecule is O=C1NCC(c2ccc(F)cc2)C12CCN(C1(c3ccc(Cl)cc3)CCCCC1)CC2. The second-order valence-electron chi connectivity index (χ2n) is 9.56. The summed E-state index contributed by atoms with van der Waals surface area (Å²) in [7, 11) is 0. The van der Waals surface area contributed by atoms with Crippen molar-refractivity contribution in [3.8, 4) is 0 Å². The molecule has 1 saturated carbocycles. The van der Waals surface area contributed by atoms with Gasteiger partial charge in [0.05, 0.1) is 5.41 Å². The first kappa shape index (κ1) is 21.0. The lowest BCUT2D eigenvalue weighted by atomic mass is 9.66. The maximum Gasteiger partial charge on any atom is 0.227 e. The highest BCUT2D eigenvalue weighted by molar-refractivity contribution is 6.30. The number of hydrogen-bond acceptors (Lipinski definition) is 2. The molecule has 3 nitrogen and oxygen atoms in total. The molecular formula is C26H30ClFN2O. The van der Waals surface area contributed by atoms with E-state index in [0.29, 0.717) is 6.54 Å². The van der Waals surface area contributed by atoms with Crippen LogP contribution in [0.3, 0.4) is 0 Å². The van der Waals surface area contributed by atoms with E-state index in [1.54, 1.807) is 0 Å². The fourth-order valence-corrected chi connectivity index (χ4v) is 6.58. The molecule has 1 atom stereocenters.